The monoisotopic (exact) mass is 296 g/mol. The van der Waals surface area contributed by atoms with E-state index in [1.165, 1.54) is 30.6 Å². The molecule has 0 bridgehead atoms. The Morgan fingerprint density at radius 3 is 2.60 bits per heavy atom. The molecule has 1 fully saturated rings. The molecule has 0 saturated heterocycles. The lowest BCUT2D eigenvalue weighted by atomic mass is 9.83. The van der Waals surface area contributed by atoms with Gasteiger partial charge in [0.15, 0.2) is 0 Å². The number of carboxylic acid groups (broad SMARTS) is 1. The van der Waals surface area contributed by atoms with E-state index >= 15 is 0 Å². The van der Waals surface area contributed by atoms with Crippen LogP contribution in [0.15, 0.2) is 0 Å². The normalized spacial score (nSPS) is 14.7. The lowest BCUT2D eigenvalue weighted by molar-refractivity contribution is 0.0697. The summed E-state index contributed by atoms with van der Waals surface area (Å²) in [4.78, 5) is 23.9. The third kappa shape index (κ3) is 3.30. The summed E-state index contributed by atoms with van der Waals surface area (Å²) in [6.45, 7) is 4.25. The van der Waals surface area contributed by atoms with Gasteiger partial charge in [-0.3, -0.25) is 5.32 Å². The molecule has 1 aromatic heterocycles. The molecule has 20 heavy (non-hydrogen) atoms. The molecule has 5 nitrogen and oxygen atoms in total. The minimum atomic E-state index is -1.00. The molecule has 3 N–H and O–H groups in total. The third-order valence-electron chi connectivity index (χ3n) is 3.89. The number of hydrogen-bond acceptors (Lipinski definition) is 3. The smallest absolute Gasteiger partial charge is 0.338 e. The highest BCUT2D eigenvalue weighted by Crippen LogP contribution is 2.32. The number of nitrogens with one attached hydrogen (secondary N) is 2. The molecule has 2 amide bonds. The Kier molecular flexibility index (Phi) is 4.65. The van der Waals surface area contributed by atoms with E-state index in [1.54, 1.807) is 6.92 Å². The molecule has 0 unspecified atom stereocenters. The first-order valence-corrected chi connectivity index (χ1v) is 7.68. The van der Waals surface area contributed by atoms with Gasteiger partial charge in [-0.2, -0.15) is 0 Å². The van der Waals surface area contributed by atoms with Gasteiger partial charge in [-0.25, -0.2) is 9.59 Å². The van der Waals surface area contributed by atoms with E-state index in [9.17, 15) is 14.7 Å². The van der Waals surface area contributed by atoms with Crippen molar-refractivity contribution in [2.45, 2.75) is 39.5 Å². The lowest BCUT2D eigenvalue weighted by Crippen LogP contribution is -2.31. The number of amides is 2. The largest absolute Gasteiger partial charge is 0.478 e. The third-order valence-corrected chi connectivity index (χ3v) is 5.01. The molecule has 110 valence electrons. The highest BCUT2D eigenvalue weighted by molar-refractivity contribution is 7.16. The fourth-order valence-corrected chi connectivity index (χ4v) is 3.34. The molecule has 0 atom stereocenters. The van der Waals surface area contributed by atoms with Crippen molar-refractivity contribution in [3.05, 3.63) is 16.0 Å². The second kappa shape index (κ2) is 6.26. The summed E-state index contributed by atoms with van der Waals surface area (Å²) in [5.74, 6) is -0.257. The molecule has 1 aromatic rings. The van der Waals surface area contributed by atoms with Crippen LogP contribution in [0.5, 0.6) is 0 Å². The van der Waals surface area contributed by atoms with Crippen molar-refractivity contribution in [1.82, 2.24) is 5.32 Å². The van der Waals surface area contributed by atoms with Crippen molar-refractivity contribution in [2.75, 3.05) is 11.9 Å². The van der Waals surface area contributed by atoms with Gasteiger partial charge < -0.3 is 10.4 Å². The molecule has 0 radical (unpaired) electrons. The van der Waals surface area contributed by atoms with Gasteiger partial charge in [-0.15, -0.1) is 11.3 Å². The standard InChI is InChI=1S/C14H20N2O3S/c1-8-9(2)20-12(11(8)13(17)18)16-14(19)15-7-6-10-4-3-5-10/h10H,3-7H2,1-2H3,(H,17,18)(H2,15,16,19). The first kappa shape index (κ1) is 14.8. The molecule has 0 aliphatic heterocycles. The van der Waals surface area contributed by atoms with Crippen molar-refractivity contribution >= 4 is 28.3 Å². The quantitative estimate of drug-likeness (QED) is 0.779. The molecule has 6 heteroatoms. The fraction of sp³-hybridized carbons (Fsp3) is 0.571. The SMILES string of the molecule is Cc1sc(NC(=O)NCCC2CCC2)c(C(=O)O)c1C. The maximum atomic E-state index is 11.8. The van der Waals surface area contributed by atoms with Crippen LogP contribution in [0.3, 0.4) is 0 Å². The summed E-state index contributed by atoms with van der Waals surface area (Å²) < 4.78 is 0. The average Bonchev–Trinajstić information content (AvgIpc) is 2.58. The average molecular weight is 296 g/mol. The first-order valence-electron chi connectivity index (χ1n) is 6.87. The summed E-state index contributed by atoms with van der Waals surface area (Å²) in [6, 6.07) is -0.326. The number of hydrogen-bond donors (Lipinski definition) is 3. The molecule has 2 rings (SSSR count). The Labute approximate surface area is 122 Å². The van der Waals surface area contributed by atoms with Crippen LogP contribution in [0, 0.1) is 19.8 Å². The van der Waals surface area contributed by atoms with Crippen molar-refractivity contribution in [3.8, 4) is 0 Å². The van der Waals surface area contributed by atoms with Gasteiger partial charge in [0, 0.05) is 11.4 Å². The van der Waals surface area contributed by atoms with E-state index < -0.39 is 5.97 Å². The summed E-state index contributed by atoms with van der Waals surface area (Å²) in [6.07, 6.45) is 4.82. The Morgan fingerprint density at radius 1 is 1.35 bits per heavy atom. The molecule has 1 heterocycles. The minimum Gasteiger partial charge on any atom is -0.478 e. The second-order valence-electron chi connectivity index (χ2n) is 5.26. The molecule has 0 spiro atoms. The minimum absolute atomic E-state index is 0.196. The Morgan fingerprint density at radius 2 is 2.05 bits per heavy atom. The maximum absolute atomic E-state index is 11.8. The van der Waals surface area contributed by atoms with E-state index in [0.717, 1.165) is 17.2 Å². The maximum Gasteiger partial charge on any atom is 0.338 e. The van der Waals surface area contributed by atoms with Crippen LogP contribution in [-0.2, 0) is 0 Å². The number of carbonyl (C=O) groups excluding carboxylic acids is 1. The fourth-order valence-electron chi connectivity index (χ4n) is 2.29. The number of anilines is 1. The van der Waals surface area contributed by atoms with Gasteiger partial charge >= 0.3 is 12.0 Å². The van der Waals surface area contributed by atoms with Gasteiger partial charge in [0.05, 0.1) is 5.56 Å². The zero-order valence-electron chi connectivity index (χ0n) is 11.8. The van der Waals surface area contributed by atoms with Gasteiger partial charge in [0.1, 0.15) is 5.00 Å². The van der Waals surface area contributed by atoms with Crippen molar-refractivity contribution in [2.24, 2.45) is 5.92 Å². The highest BCUT2D eigenvalue weighted by atomic mass is 32.1. The van der Waals surface area contributed by atoms with E-state index in [4.69, 9.17) is 0 Å². The molecule has 1 aliphatic carbocycles. The topological polar surface area (TPSA) is 78.4 Å². The molecule has 0 aromatic carbocycles. The molecule has 1 aliphatic rings. The van der Waals surface area contributed by atoms with Crippen LogP contribution in [0.4, 0.5) is 9.80 Å². The van der Waals surface area contributed by atoms with Crippen LogP contribution in [0.2, 0.25) is 0 Å². The van der Waals surface area contributed by atoms with Crippen molar-refractivity contribution < 1.29 is 14.7 Å². The van der Waals surface area contributed by atoms with Crippen LogP contribution >= 0.6 is 11.3 Å². The second-order valence-corrected chi connectivity index (χ2v) is 6.48. The first-order chi connectivity index (χ1) is 9.49. The van der Waals surface area contributed by atoms with Gasteiger partial charge in [0.25, 0.3) is 0 Å². The number of urea groups is 1. The van der Waals surface area contributed by atoms with Gasteiger partial charge in [0.2, 0.25) is 0 Å². The number of thiophene rings is 1. The van der Waals surface area contributed by atoms with Crippen molar-refractivity contribution in [1.29, 1.82) is 0 Å². The van der Waals surface area contributed by atoms with E-state index in [0.29, 0.717) is 17.1 Å². The van der Waals surface area contributed by atoms with Crippen LogP contribution in [0.25, 0.3) is 0 Å². The number of aromatic carboxylic acids is 1. The number of rotatable bonds is 5. The summed E-state index contributed by atoms with van der Waals surface area (Å²) in [5, 5.41) is 15.0. The van der Waals surface area contributed by atoms with Crippen LogP contribution < -0.4 is 10.6 Å². The molecular formula is C14H20N2O3S. The lowest BCUT2D eigenvalue weighted by Gasteiger charge is -2.25. The number of carboxylic acids is 1. The summed E-state index contributed by atoms with van der Waals surface area (Å²) in [5.41, 5.74) is 0.911. The van der Waals surface area contributed by atoms with Crippen LogP contribution in [-0.4, -0.2) is 23.7 Å². The van der Waals surface area contributed by atoms with E-state index in [2.05, 4.69) is 10.6 Å². The van der Waals surface area contributed by atoms with Gasteiger partial charge in [-0.05, 0) is 31.7 Å². The highest BCUT2D eigenvalue weighted by Gasteiger charge is 2.21. The Bertz CT molecular complexity index is 521. The van der Waals surface area contributed by atoms with Crippen molar-refractivity contribution in [3.63, 3.8) is 0 Å². The zero-order chi connectivity index (χ0) is 14.7. The summed E-state index contributed by atoms with van der Waals surface area (Å²) >= 11 is 1.30. The predicted molar refractivity (Wildman–Crippen MR) is 79.7 cm³/mol. The Balaban J connectivity index is 1.90. The molecule has 1 saturated carbocycles. The number of aryl methyl sites for hydroxylation is 1. The van der Waals surface area contributed by atoms with E-state index in [-0.39, 0.29) is 11.6 Å². The van der Waals surface area contributed by atoms with E-state index in [1.807, 2.05) is 6.92 Å². The van der Waals surface area contributed by atoms with Gasteiger partial charge in [-0.1, -0.05) is 19.3 Å². The van der Waals surface area contributed by atoms with Crippen LogP contribution in [0.1, 0.15) is 46.5 Å². The number of carbonyl (C=O) groups is 2. The zero-order valence-corrected chi connectivity index (χ0v) is 12.6. The Hall–Kier alpha value is -1.56. The molecular weight excluding hydrogens is 276 g/mol. The summed E-state index contributed by atoms with van der Waals surface area (Å²) in [7, 11) is 0. The predicted octanol–water partition coefficient (Wildman–Crippen LogP) is 3.37.